The number of aryl methyl sites for hydroxylation is 1. The molecule has 4 nitrogen and oxygen atoms in total. The van der Waals surface area contributed by atoms with Crippen molar-refractivity contribution in [2.24, 2.45) is 5.92 Å². The minimum Gasteiger partial charge on any atom is -0.373 e. The Morgan fingerprint density at radius 2 is 2.31 bits per heavy atom. The van der Waals surface area contributed by atoms with E-state index in [2.05, 4.69) is 21.8 Å². The van der Waals surface area contributed by atoms with E-state index in [9.17, 15) is 0 Å². The average Bonchev–Trinajstić information content (AvgIpc) is 2.78. The summed E-state index contributed by atoms with van der Waals surface area (Å²) in [4.78, 5) is 4.30. The molecule has 0 saturated carbocycles. The summed E-state index contributed by atoms with van der Waals surface area (Å²) < 4.78 is 7.88. The third-order valence-electron chi connectivity index (χ3n) is 3.19. The Morgan fingerprint density at radius 1 is 1.50 bits per heavy atom. The quantitative estimate of drug-likeness (QED) is 0.820. The molecule has 0 aromatic carbocycles. The summed E-state index contributed by atoms with van der Waals surface area (Å²) in [5, 5.41) is 3.36. The lowest BCUT2D eigenvalue weighted by atomic mass is 9.99. The summed E-state index contributed by atoms with van der Waals surface area (Å²) in [6.45, 7) is 6.88. The van der Waals surface area contributed by atoms with Crippen molar-refractivity contribution in [3.63, 3.8) is 0 Å². The lowest BCUT2D eigenvalue weighted by Crippen LogP contribution is -2.30. The number of nitrogens with zero attached hydrogens (tertiary/aromatic N) is 2. The Kier molecular flexibility index (Phi) is 4.36. The average molecular weight is 223 g/mol. The standard InChI is InChI=1S/C12H21N3O/c1-2-15-8-7-14-12(15)10-16-9-11-3-5-13-6-4-11/h7-8,11,13H,2-6,9-10H2,1H3. The molecule has 0 spiro atoms. The van der Waals surface area contributed by atoms with Crippen LogP contribution in [0.1, 0.15) is 25.6 Å². The van der Waals surface area contributed by atoms with Gasteiger partial charge in [-0.15, -0.1) is 0 Å². The Balaban J connectivity index is 1.71. The van der Waals surface area contributed by atoms with Gasteiger partial charge in [0.2, 0.25) is 0 Å². The Labute approximate surface area is 97.0 Å². The van der Waals surface area contributed by atoms with E-state index >= 15 is 0 Å². The molecule has 1 aromatic heterocycles. The molecule has 1 saturated heterocycles. The van der Waals surface area contributed by atoms with Crippen molar-refractivity contribution in [2.75, 3.05) is 19.7 Å². The molecular formula is C12H21N3O. The van der Waals surface area contributed by atoms with Gasteiger partial charge in [0, 0.05) is 18.9 Å². The summed E-state index contributed by atoms with van der Waals surface area (Å²) in [7, 11) is 0. The number of hydrogen-bond acceptors (Lipinski definition) is 3. The lowest BCUT2D eigenvalue weighted by Gasteiger charge is -2.22. The van der Waals surface area contributed by atoms with Crippen molar-refractivity contribution < 1.29 is 4.74 Å². The number of aromatic nitrogens is 2. The van der Waals surface area contributed by atoms with Crippen LogP contribution in [0.4, 0.5) is 0 Å². The highest BCUT2D eigenvalue weighted by Crippen LogP contribution is 2.12. The molecule has 0 atom stereocenters. The molecule has 1 fully saturated rings. The minimum atomic E-state index is 0.644. The first-order valence-electron chi connectivity index (χ1n) is 6.18. The van der Waals surface area contributed by atoms with Crippen LogP contribution in [-0.2, 0) is 17.9 Å². The summed E-state index contributed by atoms with van der Waals surface area (Å²) in [6.07, 6.45) is 6.32. The number of imidazole rings is 1. The fourth-order valence-electron chi connectivity index (χ4n) is 2.13. The second kappa shape index (κ2) is 6.01. The van der Waals surface area contributed by atoms with Crippen molar-refractivity contribution in [2.45, 2.75) is 32.9 Å². The molecule has 1 aliphatic rings. The van der Waals surface area contributed by atoms with Gasteiger partial charge in [0.25, 0.3) is 0 Å². The van der Waals surface area contributed by atoms with Gasteiger partial charge < -0.3 is 14.6 Å². The predicted octanol–water partition coefficient (Wildman–Crippen LogP) is 1.42. The van der Waals surface area contributed by atoms with Gasteiger partial charge in [-0.25, -0.2) is 4.98 Å². The van der Waals surface area contributed by atoms with E-state index in [1.54, 1.807) is 0 Å². The van der Waals surface area contributed by atoms with Crippen molar-refractivity contribution in [1.29, 1.82) is 0 Å². The molecule has 0 amide bonds. The Hall–Kier alpha value is -0.870. The van der Waals surface area contributed by atoms with Gasteiger partial charge in [0.1, 0.15) is 12.4 Å². The molecule has 2 heterocycles. The summed E-state index contributed by atoms with van der Waals surface area (Å²) in [5.74, 6) is 1.77. The second-order valence-electron chi connectivity index (χ2n) is 4.34. The predicted molar refractivity (Wildman–Crippen MR) is 63.2 cm³/mol. The van der Waals surface area contributed by atoms with Gasteiger partial charge >= 0.3 is 0 Å². The van der Waals surface area contributed by atoms with E-state index in [1.807, 2.05) is 12.4 Å². The molecule has 1 N–H and O–H groups in total. The molecule has 0 radical (unpaired) electrons. The Bertz CT molecular complexity index is 305. The molecule has 1 aromatic rings. The maximum atomic E-state index is 5.75. The van der Waals surface area contributed by atoms with Crippen LogP contribution >= 0.6 is 0 Å². The van der Waals surface area contributed by atoms with Crippen LogP contribution in [0.5, 0.6) is 0 Å². The number of piperidine rings is 1. The van der Waals surface area contributed by atoms with Crippen molar-refractivity contribution in [3.05, 3.63) is 18.2 Å². The lowest BCUT2D eigenvalue weighted by molar-refractivity contribution is 0.0707. The zero-order chi connectivity index (χ0) is 11.2. The highest BCUT2D eigenvalue weighted by Gasteiger charge is 2.13. The van der Waals surface area contributed by atoms with E-state index in [4.69, 9.17) is 4.74 Å². The molecule has 16 heavy (non-hydrogen) atoms. The van der Waals surface area contributed by atoms with Crippen LogP contribution in [-0.4, -0.2) is 29.2 Å². The van der Waals surface area contributed by atoms with Crippen LogP contribution in [0, 0.1) is 5.92 Å². The van der Waals surface area contributed by atoms with E-state index < -0.39 is 0 Å². The van der Waals surface area contributed by atoms with Crippen LogP contribution < -0.4 is 5.32 Å². The third kappa shape index (κ3) is 3.06. The molecule has 90 valence electrons. The molecule has 2 rings (SSSR count). The first-order valence-corrected chi connectivity index (χ1v) is 6.18. The summed E-state index contributed by atoms with van der Waals surface area (Å²) in [5.41, 5.74) is 0. The van der Waals surface area contributed by atoms with Gasteiger partial charge in [0.15, 0.2) is 0 Å². The van der Waals surface area contributed by atoms with Gasteiger partial charge in [-0.2, -0.15) is 0 Å². The van der Waals surface area contributed by atoms with E-state index in [0.717, 1.165) is 38.0 Å². The summed E-state index contributed by atoms with van der Waals surface area (Å²) >= 11 is 0. The van der Waals surface area contributed by atoms with Gasteiger partial charge in [0.05, 0.1) is 6.61 Å². The second-order valence-corrected chi connectivity index (χ2v) is 4.34. The number of hydrogen-bond donors (Lipinski definition) is 1. The van der Waals surface area contributed by atoms with Crippen LogP contribution in [0.15, 0.2) is 12.4 Å². The zero-order valence-corrected chi connectivity index (χ0v) is 9.98. The first kappa shape index (κ1) is 11.6. The monoisotopic (exact) mass is 223 g/mol. The highest BCUT2D eigenvalue weighted by atomic mass is 16.5. The molecule has 4 heteroatoms. The Morgan fingerprint density at radius 3 is 3.06 bits per heavy atom. The van der Waals surface area contributed by atoms with Gasteiger partial charge in [-0.3, -0.25) is 0 Å². The largest absolute Gasteiger partial charge is 0.373 e. The normalized spacial score (nSPS) is 17.8. The fourth-order valence-corrected chi connectivity index (χ4v) is 2.13. The number of ether oxygens (including phenoxy) is 1. The smallest absolute Gasteiger partial charge is 0.134 e. The maximum Gasteiger partial charge on any atom is 0.134 e. The SMILES string of the molecule is CCn1ccnc1COCC1CCNCC1. The van der Waals surface area contributed by atoms with E-state index in [-0.39, 0.29) is 0 Å². The minimum absolute atomic E-state index is 0.644. The van der Waals surface area contributed by atoms with Gasteiger partial charge in [-0.05, 0) is 38.8 Å². The number of nitrogens with one attached hydrogen (secondary N) is 1. The molecule has 0 bridgehead atoms. The molecule has 0 aliphatic carbocycles. The summed E-state index contributed by atoms with van der Waals surface area (Å²) in [6, 6.07) is 0. The topological polar surface area (TPSA) is 39.1 Å². The fraction of sp³-hybridized carbons (Fsp3) is 0.750. The molecular weight excluding hydrogens is 202 g/mol. The molecule has 1 aliphatic heterocycles. The first-order chi connectivity index (χ1) is 7.90. The van der Waals surface area contributed by atoms with E-state index in [0.29, 0.717) is 6.61 Å². The van der Waals surface area contributed by atoms with Crippen LogP contribution in [0.2, 0.25) is 0 Å². The van der Waals surface area contributed by atoms with Crippen LogP contribution in [0.3, 0.4) is 0 Å². The van der Waals surface area contributed by atoms with Crippen molar-refractivity contribution in [3.8, 4) is 0 Å². The van der Waals surface area contributed by atoms with E-state index in [1.165, 1.54) is 12.8 Å². The van der Waals surface area contributed by atoms with Gasteiger partial charge in [-0.1, -0.05) is 0 Å². The zero-order valence-electron chi connectivity index (χ0n) is 9.98. The van der Waals surface area contributed by atoms with Crippen molar-refractivity contribution >= 4 is 0 Å². The maximum absolute atomic E-state index is 5.75. The van der Waals surface area contributed by atoms with Crippen LogP contribution in [0.25, 0.3) is 0 Å². The van der Waals surface area contributed by atoms with Crippen molar-refractivity contribution in [1.82, 2.24) is 14.9 Å². The highest BCUT2D eigenvalue weighted by molar-refractivity contribution is 4.90. The third-order valence-corrected chi connectivity index (χ3v) is 3.19. The molecule has 0 unspecified atom stereocenters. The number of rotatable bonds is 5.